The van der Waals surface area contributed by atoms with Gasteiger partial charge in [-0.1, -0.05) is 33.6 Å². The summed E-state index contributed by atoms with van der Waals surface area (Å²) in [5, 5.41) is 0. The molecule has 0 aromatic carbocycles. The monoisotopic (exact) mass is 362 g/mol. The number of hydrogen-bond donors (Lipinski definition) is 0. The van der Waals surface area contributed by atoms with Crippen molar-refractivity contribution in [2.75, 3.05) is 46.4 Å². The smallest absolute Gasteiger partial charge is 0.289 e. The summed E-state index contributed by atoms with van der Waals surface area (Å²) in [6.07, 6.45) is 6.95. The number of carbonyl (C=O) groups is 1. The number of nitrogens with zero attached hydrogens (tertiary/aromatic N) is 4. The van der Waals surface area contributed by atoms with Gasteiger partial charge in [0.15, 0.2) is 5.82 Å². The van der Waals surface area contributed by atoms with E-state index in [-0.39, 0.29) is 11.3 Å². The van der Waals surface area contributed by atoms with Crippen molar-refractivity contribution in [1.29, 1.82) is 0 Å². The lowest BCUT2D eigenvalue weighted by Crippen LogP contribution is -2.49. The van der Waals surface area contributed by atoms with Gasteiger partial charge in [0.2, 0.25) is 0 Å². The Bertz CT molecular complexity index is 606. The van der Waals surface area contributed by atoms with Gasteiger partial charge in [-0.15, -0.1) is 0 Å². The number of ether oxygens (including phenoxy) is 1. The van der Waals surface area contributed by atoms with Crippen LogP contribution in [0.4, 0.5) is 0 Å². The van der Waals surface area contributed by atoms with Gasteiger partial charge in [0.05, 0.1) is 12.3 Å². The minimum absolute atomic E-state index is 0.0439. The molecule has 0 radical (unpaired) electrons. The third kappa shape index (κ3) is 4.29. The highest BCUT2D eigenvalue weighted by Gasteiger charge is 2.31. The van der Waals surface area contributed by atoms with Crippen molar-refractivity contribution < 1.29 is 9.53 Å². The molecule has 0 spiro atoms. The van der Waals surface area contributed by atoms with Crippen molar-refractivity contribution in [3.05, 3.63) is 17.7 Å². The number of carbonyl (C=O) groups excluding carboxylic acids is 1. The minimum Gasteiger partial charge on any atom is -0.383 e. The van der Waals surface area contributed by atoms with Crippen LogP contribution in [0.3, 0.4) is 0 Å². The van der Waals surface area contributed by atoms with E-state index in [2.05, 4.69) is 36.4 Å². The first kappa shape index (κ1) is 19.4. The fraction of sp³-hybridized carbons (Fsp3) is 0.800. The number of amides is 1. The van der Waals surface area contributed by atoms with Gasteiger partial charge in [0.25, 0.3) is 5.91 Å². The van der Waals surface area contributed by atoms with Crippen LogP contribution in [-0.4, -0.2) is 71.7 Å². The van der Waals surface area contributed by atoms with E-state index < -0.39 is 0 Å². The lowest BCUT2D eigenvalue weighted by atomic mass is 9.93. The number of imidazole rings is 1. The van der Waals surface area contributed by atoms with Gasteiger partial charge in [-0.3, -0.25) is 9.69 Å². The van der Waals surface area contributed by atoms with Crippen LogP contribution in [-0.2, 0) is 10.2 Å². The molecule has 1 saturated heterocycles. The number of hydrogen-bond acceptors (Lipinski definition) is 4. The van der Waals surface area contributed by atoms with E-state index in [1.165, 1.54) is 12.8 Å². The molecule has 1 aromatic heterocycles. The normalized spacial score (nSPS) is 20.1. The summed E-state index contributed by atoms with van der Waals surface area (Å²) in [5.74, 6) is 0.742. The molecule has 1 amide bonds. The molecule has 2 aliphatic rings. The number of aromatic nitrogens is 2. The maximum Gasteiger partial charge on any atom is 0.289 e. The Morgan fingerprint density at radius 2 is 1.85 bits per heavy atom. The average Bonchev–Trinajstić information content (AvgIpc) is 3.28. The van der Waals surface area contributed by atoms with E-state index in [1.54, 1.807) is 7.11 Å². The topological polar surface area (TPSA) is 50.6 Å². The third-order valence-electron chi connectivity index (χ3n) is 5.68. The van der Waals surface area contributed by atoms with E-state index in [0.717, 1.165) is 57.9 Å². The maximum atomic E-state index is 13.2. The van der Waals surface area contributed by atoms with Crippen molar-refractivity contribution in [3.8, 4) is 0 Å². The molecule has 0 atom stereocenters. The quantitative estimate of drug-likeness (QED) is 0.808. The first-order chi connectivity index (χ1) is 12.4. The van der Waals surface area contributed by atoms with Gasteiger partial charge in [-0.05, 0) is 12.8 Å². The van der Waals surface area contributed by atoms with Gasteiger partial charge in [-0.2, -0.15) is 0 Å². The van der Waals surface area contributed by atoms with Crippen molar-refractivity contribution >= 4 is 5.91 Å². The molecule has 26 heavy (non-hydrogen) atoms. The predicted octanol–water partition coefficient (Wildman–Crippen LogP) is 2.70. The fourth-order valence-electron chi connectivity index (χ4n) is 3.91. The van der Waals surface area contributed by atoms with Crippen molar-refractivity contribution in [2.24, 2.45) is 0 Å². The Balaban J connectivity index is 1.75. The summed E-state index contributed by atoms with van der Waals surface area (Å²) in [7, 11) is 1.73. The molecule has 2 heterocycles. The second-order valence-corrected chi connectivity index (χ2v) is 8.67. The molecular weight excluding hydrogens is 328 g/mol. The Kier molecular flexibility index (Phi) is 6.03. The number of rotatable bonds is 5. The lowest BCUT2D eigenvalue weighted by molar-refractivity contribution is 0.0576. The van der Waals surface area contributed by atoms with Gasteiger partial charge < -0.3 is 14.2 Å². The second kappa shape index (κ2) is 8.09. The molecule has 2 fully saturated rings. The van der Waals surface area contributed by atoms with Gasteiger partial charge in [-0.25, -0.2) is 4.98 Å². The number of piperazine rings is 1. The van der Waals surface area contributed by atoms with Gasteiger partial charge >= 0.3 is 0 Å². The highest BCUT2D eigenvalue weighted by Crippen LogP contribution is 2.33. The predicted molar refractivity (Wildman–Crippen MR) is 103 cm³/mol. The highest BCUT2D eigenvalue weighted by atomic mass is 16.5. The average molecular weight is 363 g/mol. The van der Waals surface area contributed by atoms with Crippen molar-refractivity contribution in [1.82, 2.24) is 19.4 Å². The molecule has 1 aromatic rings. The van der Waals surface area contributed by atoms with Crippen LogP contribution in [0.2, 0.25) is 0 Å². The zero-order valence-electron chi connectivity index (χ0n) is 16.8. The second-order valence-electron chi connectivity index (χ2n) is 8.67. The molecule has 1 aliphatic heterocycles. The van der Waals surface area contributed by atoms with Gasteiger partial charge in [0.1, 0.15) is 0 Å². The summed E-state index contributed by atoms with van der Waals surface area (Å²) in [6, 6.07) is 0.431. The van der Waals surface area contributed by atoms with E-state index in [4.69, 9.17) is 9.72 Å². The largest absolute Gasteiger partial charge is 0.383 e. The van der Waals surface area contributed by atoms with Crippen LogP contribution in [0.25, 0.3) is 0 Å². The minimum atomic E-state index is -0.0439. The standard InChI is InChI=1S/C20H34N4O2/c1-20(2,3)17-15-24(16-7-5-6-8-16)18(21-17)19(25)23-11-9-22(10-12-23)13-14-26-4/h15-16H,5-14H2,1-4H3. The summed E-state index contributed by atoms with van der Waals surface area (Å²) < 4.78 is 7.35. The molecule has 0 unspecified atom stereocenters. The highest BCUT2D eigenvalue weighted by molar-refractivity contribution is 5.91. The van der Waals surface area contributed by atoms with Gasteiger partial charge in [0, 0.05) is 57.5 Å². The van der Waals surface area contributed by atoms with E-state index in [0.29, 0.717) is 11.9 Å². The molecule has 3 rings (SSSR count). The van der Waals surface area contributed by atoms with Crippen LogP contribution in [0.1, 0.15) is 68.8 Å². The SMILES string of the molecule is COCCN1CCN(C(=O)c2nc(C(C)(C)C)cn2C2CCCC2)CC1. The van der Waals surface area contributed by atoms with Crippen LogP contribution in [0.15, 0.2) is 6.20 Å². The Hall–Kier alpha value is -1.40. The zero-order chi connectivity index (χ0) is 18.7. The zero-order valence-corrected chi connectivity index (χ0v) is 16.8. The summed E-state index contributed by atoms with van der Waals surface area (Å²) >= 11 is 0. The van der Waals surface area contributed by atoms with Crippen LogP contribution in [0, 0.1) is 0 Å². The molecule has 1 aliphatic carbocycles. The Morgan fingerprint density at radius 3 is 2.42 bits per heavy atom. The molecule has 1 saturated carbocycles. The Morgan fingerprint density at radius 1 is 1.19 bits per heavy atom. The van der Waals surface area contributed by atoms with Crippen molar-refractivity contribution in [3.63, 3.8) is 0 Å². The molecule has 0 bridgehead atoms. The molecular formula is C20H34N4O2. The van der Waals surface area contributed by atoms with Crippen LogP contribution in [0.5, 0.6) is 0 Å². The Labute approximate surface area is 157 Å². The molecule has 6 heteroatoms. The van der Waals surface area contributed by atoms with E-state index >= 15 is 0 Å². The number of methoxy groups -OCH3 is 1. The summed E-state index contributed by atoms with van der Waals surface area (Å²) in [6.45, 7) is 11.5. The fourth-order valence-corrected chi connectivity index (χ4v) is 3.91. The van der Waals surface area contributed by atoms with E-state index in [9.17, 15) is 4.79 Å². The molecule has 6 nitrogen and oxygen atoms in total. The van der Waals surface area contributed by atoms with Crippen LogP contribution >= 0.6 is 0 Å². The molecule has 146 valence electrons. The lowest BCUT2D eigenvalue weighted by Gasteiger charge is -2.34. The third-order valence-corrected chi connectivity index (χ3v) is 5.68. The first-order valence-electron chi connectivity index (χ1n) is 10.00. The maximum absolute atomic E-state index is 13.2. The molecule has 0 N–H and O–H groups in total. The first-order valence-corrected chi connectivity index (χ1v) is 10.00. The summed E-state index contributed by atoms with van der Waals surface area (Å²) in [4.78, 5) is 22.4. The summed E-state index contributed by atoms with van der Waals surface area (Å²) in [5.41, 5.74) is 0.976. The van der Waals surface area contributed by atoms with Crippen molar-refractivity contribution in [2.45, 2.75) is 57.9 Å². The van der Waals surface area contributed by atoms with E-state index in [1.807, 2.05) is 4.90 Å². The van der Waals surface area contributed by atoms with Crippen LogP contribution < -0.4 is 0 Å².